The zero-order valence-electron chi connectivity index (χ0n) is 15.4. The lowest BCUT2D eigenvalue weighted by Gasteiger charge is -2.39. The number of nitrogens with zero attached hydrogens (tertiary/aromatic N) is 1. The molecule has 26 heavy (non-hydrogen) atoms. The minimum absolute atomic E-state index is 0.0186. The molecule has 142 valence electrons. The maximum Gasteiger partial charge on any atom is 0.410 e. The number of ketones is 1. The number of hydrogen-bond acceptors (Lipinski definition) is 3. The SMILES string of the molecule is CC(C)(C)OC(=O)N1C2CCC1CC(C(=O)Cc1cc(F)ccc1F)C2. The van der Waals surface area contributed by atoms with Crippen LogP contribution in [-0.4, -0.2) is 34.5 Å². The first-order valence-electron chi connectivity index (χ1n) is 9.12. The van der Waals surface area contributed by atoms with Crippen molar-refractivity contribution in [2.24, 2.45) is 5.92 Å². The molecule has 0 aromatic heterocycles. The lowest BCUT2D eigenvalue weighted by Crippen LogP contribution is -2.49. The van der Waals surface area contributed by atoms with Crippen LogP contribution in [0.1, 0.15) is 52.0 Å². The van der Waals surface area contributed by atoms with Gasteiger partial charge in [0.25, 0.3) is 0 Å². The average Bonchev–Trinajstić information content (AvgIpc) is 2.79. The van der Waals surface area contributed by atoms with E-state index < -0.39 is 17.2 Å². The molecule has 2 bridgehead atoms. The number of benzene rings is 1. The van der Waals surface area contributed by atoms with Crippen LogP contribution in [0.25, 0.3) is 0 Å². The number of carbonyl (C=O) groups excluding carboxylic acids is 2. The summed E-state index contributed by atoms with van der Waals surface area (Å²) in [5.74, 6) is -1.42. The molecule has 6 heteroatoms. The van der Waals surface area contributed by atoms with Gasteiger partial charge in [0.1, 0.15) is 23.0 Å². The Labute approximate surface area is 152 Å². The maximum absolute atomic E-state index is 13.8. The van der Waals surface area contributed by atoms with E-state index in [1.165, 1.54) is 0 Å². The van der Waals surface area contributed by atoms with E-state index in [0.29, 0.717) is 12.8 Å². The van der Waals surface area contributed by atoms with E-state index in [9.17, 15) is 18.4 Å². The molecule has 1 amide bonds. The Bertz CT molecular complexity index is 699. The predicted octanol–water partition coefficient (Wildman–Crippen LogP) is 4.25. The summed E-state index contributed by atoms with van der Waals surface area (Å²) in [5.41, 5.74) is -0.463. The highest BCUT2D eigenvalue weighted by Gasteiger charge is 2.46. The van der Waals surface area contributed by atoms with Gasteiger partial charge in [-0.05, 0) is 70.2 Å². The molecular weight excluding hydrogens is 340 g/mol. The standard InChI is InChI=1S/C20H25F2NO3/c1-20(2,3)26-19(25)23-15-5-6-16(23)10-13(9-15)18(24)11-12-8-14(21)4-7-17(12)22/h4,7-8,13,15-16H,5-6,9-11H2,1-3H3. The second-order valence-electron chi connectivity index (χ2n) is 8.32. The van der Waals surface area contributed by atoms with E-state index >= 15 is 0 Å². The molecule has 2 fully saturated rings. The molecule has 2 aliphatic heterocycles. The molecular formula is C20H25F2NO3. The Kier molecular flexibility index (Phi) is 5.04. The van der Waals surface area contributed by atoms with E-state index in [1.54, 1.807) is 4.90 Å². The number of Topliss-reactive ketones (excluding diaryl/α,β-unsaturated/α-hetero) is 1. The lowest BCUT2D eigenvalue weighted by atomic mass is 9.85. The van der Waals surface area contributed by atoms with E-state index in [0.717, 1.165) is 31.0 Å². The normalized spacial score (nSPS) is 25.3. The Morgan fingerprint density at radius 1 is 1.15 bits per heavy atom. The van der Waals surface area contributed by atoms with Gasteiger partial charge in [0.2, 0.25) is 0 Å². The van der Waals surface area contributed by atoms with Crippen molar-refractivity contribution < 1.29 is 23.1 Å². The van der Waals surface area contributed by atoms with E-state index in [2.05, 4.69) is 0 Å². The molecule has 0 saturated carbocycles. The molecule has 2 atom stereocenters. The number of rotatable bonds is 3. The minimum atomic E-state index is -0.561. The number of halogens is 2. The first-order chi connectivity index (χ1) is 12.1. The monoisotopic (exact) mass is 365 g/mol. The maximum atomic E-state index is 13.8. The van der Waals surface area contributed by atoms with Crippen molar-refractivity contribution >= 4 is 11.9 Å². The highest BCUT2D eigenvalue weighted by Crippen LogP contribution is 2.40. The first kappa shape index (κ1) is 18.8. The minimum Gasteiger partial charge on any atom is -0.444 e. The third-order valence-corrected chi connectivity index (χ3v) is 5.17. The average molecular weight is 365 g/mol. The molecule has 0 spiro atoms. The summed E-state index contributed by atoms with van der Waals surface area (Å²) in [4.78, 5) is 26.9. The third kappa shape index (κ3) is 4.05. The summed E-state index contributed by atoms with van der Waals surface area (Å²) < 4.78 is 32.6. The summed E-state index contributed by atoms with van der Waals surface area (Å²) in [7, 11) is 0. The van der Waals surface area contributed by atoms with Gasteiger partial charge < -0.3 is 9.64 Å². The van der Waals surface area contributed by atoms with Crippen LogP contribution in [0.3, 0.4) is 0 Å². The summed E-state index contributed by atoms with van der Waals surface area (Å²) in [5, 5.41) is 0. The summed E-state index contributed by atoms with van der Waals surface area (Å²) in [6, 6.07) is 3.14. The van der Waals surface area contributed by atoms with Crippen molar-refractivity contribution in [2.45, 2.75) is 70.6 Å². The second-order valence-corrected chi connectivity index (χ2v) is 8.32. The quantitative estimate of drug-likeness (QED) is 0.804. The smallest absolute Gasteiger partial charge is 0.410 e. The number of piperidine rings is 1. The fourth-order valence-corrected chi connectivity index (χ4v) is 4.06. The van der Waals surface area contributed by atoms with Crippen molar-refractivity contribution in [1.29, 1.82) is 0 Å². The molecule has 2 heterocycles. The van der Waals surface area contributed by atoms with Crippen LogP contribution in [0.4, 0.5) is 13.6 Å². The van der Waals surface area contributed by atoms with Gasteiger partial charge >= 0.3 is 6.09 Å². The molecule has 1 aromatic rings. The Morgan fingerprint density at radius 3 is 2.35 bits per heavy atom. The molecule has 2 unspecified atom stereocenters. The van der Waals surface area contributed by atoms with Gasteiger partial charge in [-0.2, -0.15) is 0 Å². The highest BCUT2D eigenvalue weighted by atomic mass is 19.1. The van der Waals surface area contributed by atoms with Gasteiger partial charge in [0.15, 0.2) is 0 Å². The fraction of sp³-hybridized carbons (Fsp3) is 0.600. The van der Waals surface area contributed by atoms with Crippen LogP contribution in [-0.2, 0) is 16.0 Å². The van der Waals surface area contributed by atoms with Crippen molar-refractivity contribution in [1.82, 2.24) is 4.90 Å². The first-order valence-corrected chi connectivity index (χ1v) is 9.12. The highest BCUT2D eigenvalue weighted by molar-refractivity contribution is 5.84. The number of ether oxygens (including phenoxy) is 1. The van der Waals surface area contributed by atoms with E-state index in [-0.39, 0.29) is 41.9 Å². The molecule has 0 aliphatic carbocycles. The Hall–Kier alpha value is -1.98. The van der Waals surface area contributed by atoms with Crippen LogP contribution in [0.2, 0.25) is 0 Å². The molecule has 2 aliphatic rings. The van der Waals surface area contributed by atoms with Gasteiger partial charge in [0.05, 0.1) is 0 Å². The van der Waals surface area contributed by atoms with Gasteiger partial charge in [-0.25, -0.2) is 13.6 Å². The molecule has 3 rings (SSSR count). The molecule has 0 N–H and O–H groups in total. The largest absolute Gasteiger partial charge is 0.444 e. The lowest BCUT2D eigenvalue weighted by molar-refractivity contribution is -0.124. The summed E-state index contributed by atoms with van der Waals surface area (Å²) in [6.07, 6.45) is 2.38. The van der Waals surface area contributed by atoms with E-state index in [4.69, 9.17) is 4.74 Å². The Balaban J connectivity index is 1.66. The molecule has 2 saturated heterocycles. The number of fused-ring (bicyclic) bond motifs is 2. The zero-order chi connectivity index (χ0) is 19.1. The molecule has 0 radical (unpaired) electrons. The molecule has 4 nitrogen and oxygen atoms in total. The van der Waals surface area contributed by atoms with Crippen LogP contribution in [0.5, 0.6) is 0 Å². The molecule has 1 aromatic carbocycles. The van der Waals surface area contributed by atoms with Crippen LogP contribution in [0.15, 0.2) is 18.2 Å². The zero-order valence-corrected chi connectivity index (χ0v) is 15.4. The Morgan fingerprint density at radius 2 is 1.77 bits per heavy atom. The topological polar surface area (TPSA) is 46.6 Å². The van der Waals surface area contributed by atoms with Crippen LogP contribution >= 0.6 is 0 Å². The van der Waals surface area contributed by atoms with Crippen LogP contribution in [0, 0.1) is 17.6 Å². The van der Waals surface area contributed by atoms with Crippen LogP contribution < -0.4 is 0 Å². The van der Waals surface area contributed by atoms with Gasteiger partial charge in [0, 0.05) is 24.4 Å². The van der Waals surface area contributed by atoms with Gasteiger partial charge in [-0.3, -0.25) is 4.79 Å². The van der Waals surface area contributed by atoms with Gasteiger partial charge in [-0.15, -0.1) is 0 Å². The van der Waals surface area contributed by atoms with Crippen molar-refractivity contribution in [3.05, 3.63) is 35.4 Å². The summed E-state index contributed by atoms with van der Waals surface area (Å²) >= 11 is 0. The third-order valence-electron chi connectivity index (χ3n) is 5.17. The van der Waals surface area contributed by atoms with Gasteiger partial charge in [-0.1, -0.05) is 0 Å². The predicted molar refractivity (Wildman–Crippen MR) is 92.7 cm³/mol. The fourth-order valence-electron chi connectivity index (χ4n) is 4.06. The van der Waals surface area contributed by atoms with Crippen molar-refractivity contribution in [3.63, 3.8) is 0 Å². The number of carbonyl (C=O) groups is 2. The van der Waals surface area contributed by atoms with E-state index in [1.807, 2.05) is 20.8 Å². The number of hydrogen-bond donors (Lipinski definition) is 0. The van der Waals surface area contributed by atoms with Crippen molar-refractivity contribution in [2.75, 3.05) is 0 Å². The van der Waals surface area contributed by atoms with Crippen molar-refractivity contribution in [3.8, 4) is 0 Å². The summed E-state index contributed by atoms with van der Waals surface area (Å²) in [6.45, 7) is 5.49. The second kappa shape index (κ2) is 6.97. The number of amides is 1.